The Bertz CT molecular complexity index is 646. The first-order valence-electron chi connectivity index (χ1n) is 7.31. The van der Waals surface area contributed by atoms with E-state index in [9.17, 15) is 0 Å². The van der Waals surface area contributed by atoms with Crippen molar-refractivity contribution < 1.29 is 0 Å². The Kier molecular flexibility index (Phi) is 5.95. The molecule has 0 unspecified atom stereocenters. The maximum absolute atomic E-state index is 4.28. The van der Waals surface area contributed by atoms with E-state index in [2.05, 4.69) is 59.3 Å². The van der Waals surface area contributed by atoms with Gasteiger partial charge in [0.25, 0.3) is 0 Å². The highest BCUT2D eigenvalue weighted by molar-refractivity contribution is 7.98. The second-order valence-electron chi connectivity index (χ2n) is 5.28. The van der Waals surface area contributed by atoms with Crippen LogP contribution in [-0.4, -0.2) is 23.8 Å². The lowest BCUT2D eigenvalue weighted by atomic mass is 10.1. The van der Waals surface area contributed by atoms with Crippen molar-refractivity contribution in [2.24, 2.45) is 12.0 Å². The van der Waals surface area contributed by atoms with E-state index in [0.29, 0.717) is 0 Å². The van der Waals surface area contributed by atoms with Crippen molar-refractivity contribution in [1.82, 2.24) is 15.2 Å². The van der Waals surface area contributed by atoms with Gasteiger partial charge in [-0.2, -0.15) is 0 Å². The lowest BCUT2D eigenvalue weighted by molar-refractivity contribution is 0.798. The topological polar surface area (TPSA) is 41.4 Å². The first-order chi connectivity index (χ1) is 10.6. The van der Waals surface area contributed by atoms with Gasteiger partial charge in [0.05, 0.1) is 0 Å². The second-order valence-corrected chi connectivity index (χ2v) is 6.13. The van der Waals surface area contributed by atoms with E-state index in [0.717, 1.165) is 19.0 Å². The Morgan fingerprint density at radius 1 is 1.23 bits per heavy atom. The molecule has 0 aliphatic rings. The number of thioether (sulfide) groups is 1. The fourth-order valence-corrected chi connectivity index (χ4v) is 2.95. The summed E-state index contributed by atoms with van der Waals surface area (Å²) in [5.41, 5.74) is 3.83. The summed E-state index contributed by atoms with van der Waals surface area (Å²) in [5.74, 6) is 0.816. The number of aryl methyl sites for hydroxylation is 2. The van der Waals surface area contributed by atoms with Gasteiger partial charge in [-0.05, 0) is 42.0 Å². The second kappa shape index (κ2) is 7.94. The molecule has 0 bridgehead atoms. The molecule has 4 nitrogen and oxygen atoms in total. The third-order valence-electron chi connectivity index (χ3n) is 3.47. The molecule has 22 heavy (non-hydrogen) atoms. The molecule has 0 atom stereocenters. The molecule has 2 N–H and O–H groups in total. The number of nitrogens with one attached hydrogen (secondary N) is 2. The summed E-state index contributed by atoms with van der Waals surface area (Å²) in [6.07, 6.45) is 6.26. The van der Waals surface area contributed by atoms with Gasteiger partial charge in [-0.15, -0.1) is 11.8 Å². The van der Waals surface area contributed by atoms with Crippen LogP contribution in [0.2, 0.25) is 0 Å². The largest absolute Gasteiger partial charge is 0.357 e. The van der Waals surface area contributed by atoms with Gasteiger partial charge >= 0.3 is 0 Å². The summed E-state index contributed by atoms with van der Waals surface area (Å²) in [6.45, 7) is 3.66. The third kappa shape index (κ3) is 4.56. The number of hydrogen-bond donors (Lipinski definition) is 2. The fourth-order valence-electron chi connectivity index (χ4n) is 2.25. The Labute approximate surface area is 137 Å². The van der Waals surface area contributed by atoms with E-state index >= 15 is 0 Å². The zero-order valence-corrected chi connectivity index (χ0v) is 14.5. The Hall–Kier alpha value is -1.88. The van der Waals surface area contributed by atoms with Crippen molar-refractivity contribution in [3.8, 4) is 0 Å². The molecule has 0 saturated heterocycles. The predicted molar refractivity (Wildman–Crippen MR) is 95.4 cm³/mol. The predicted octanol–water partition coefficient (Wildman–Crippen LogP) is 2.92. The molecule has 2 aromatic rings. The first-order valence-corrected chi connectivity index (χ1v) is 8.53. The minimum absolute atomic E-state index is 0.768. The zero-order valence-electron chi connectivity index (χ0n) is 13.7. The molecule has 118 valence electrons. The summed E-state index contributed by atoms with van der Waals surface area (Å²) in [4.78, 5) is 5.59. The minimum atomic E-state index is 0.768. The highest BCUT2D eigenvalue weighted by Crippen LogP contribution is 2.21. The molecule has 0 saturated carbocycles. The van der Waals surface area contributed by atoms with Gasteiger partial charge in [0.2, 0.25) is 0 Å². The summed E-state index contributed by atoms with van der Waals surface area (Å²) < 4.78 is 2.05. The molecule has 5 heteroatoms. The van der Waals surface area contributed by atoms with Crippen LogP contribution in [0.15, 0.2) is 46.5 Å². The molecule has 0 amide bonds. The molecule has 1 aromatic carbocycles. The normalized spacial score (nSPS) is 11.5. The standard InChI is InChI=1S/C17H24N4S/c1-13-5-6-15(16(9-13)22-4)11-20-17(18-2)19-10-14-7-8-21(3)12-14/h5-9,12H,10-11H2,1-4H3,(H2,18,19,20). The van der Waals surface area contributed by atoms with Crippen LogP contribution in [-0.2, 0) is 20.1 Å². The third-order valence-corrected chi connectivity index (χ3v) is 4.29. The Balaban J connectivity index is 1.91. The van der Waals surface area contributed by atoms with Crippen LogP contribution in [0, 0.1) is 6.92 Å². The number of rotatable bonds is 5. The maximum Gasteiger partial charge on any atom is 0.191 e. The quantitative estimate of drug-likeness (QED) is 0.506. The molecule has 1 aromatic heterocycles. The number of benzene rings is 1. The minimum Gasteiger partial charge on any atom is -0.357 e. The highest BCUT2D eigenvalue weighted by Gasteiger charge is 2.04. The van der Waals surface area contributed by atoms with Crippen LogP contribution in [0.3, 0.4) is 0 Å². The fraction of sp³-hybridized carbons (Fsp3) is 0.353. The maximum atomic E-state index is 4.28. The summed E-state index contributed by atoms with van der Waals surface area (Å²) >= 11 is 1.78. The van der Waals surface area contributed by atoms with E-state index in [-0.39, 0.29) is 0 Å². The Morgan fingerprint density at radius 3 is 2.64 bits per heavy atom. The lowest BCUT2D eigenvalue weighted by Gasteiger charge is -2.13. The van der Waals surface area contributed by atoms with Crippen molar-refractivity contribution in [3.05, 3.63) is 53.3 Å². The van der Waals surface area contributed by atoms with Crippen molar-refractivity contribution in [1.29, 1.82) is 0 Å². The van der Waals surface area contributed by atoms with E-state index in [1.54, 1.807) is 18.8 Å². The molecular formula is C17H24N4S. The molecular weight excluding hydrogens is 292 g/mol. The molecule has 0 aliphatic heterocycles. The van der Waals surface area contributed by atoms with Crippen LogP contribution in [0.5, 0.6) is 0 Å². The van der Waals surface area contributed by atoms with Gasteiger partial charge in [0.1, 0.15) is 0 Å². The van der Waals surface area contributed by atoms with Crippen molar-refractivity contribution in [2.45, 2.75) is 24.9 Å². The summed E-state index contributed by atoms with van der Waals surface area (Å²) in [7, 11) is 3.82. The van der Waals surface area contributed by atoms with Gasteiger partial charge in [-0.25, -0.2) is 0 Å². The molecule has 2 rings (SSSR count). The smallest absolute Gasteiger partial charge is 0.191 e. The number of nitrogens with zero attached hydrogens (tertiary/aromatic N) is 2. The van der Waals surface area contributed by atoms with Gasteiger partial charge < -0.3 is 15.2 Å². The van der Waals surface area contributed by atoms with E-state index in [4.69, 9.17) is 0 Å². The van der Waals surface area contributed by atoms with Crippen LogP contribution in [0.1, 0.15) is 16.7 Å². The molecule has 0 aliphatic carbocycles. The lowest BCUT2D eigenvalue weighted by Crippen LogP contribution is -2.36. The first kappa shape index (κ1) is 16.5. The van der Waals surface area contributed by atoms with Crippen LogP contribution < -0.4 is 10.6 Å². The van der Waals surface area contributed by atoms with Crippen LogP contribution in [0.4, 0.5) is 0 Å². The van der Waals surface area contributed by atoms with E-state index in [1.165, 1.54) is 21.6 Å². The van der Waals surface area contributed by atoms with Crippen molar-refractivity contribution >= 4 is 17.7 Å². The summed E-state index contributed by atoms with van der Waals surface area (Å²) in [6, 6.07) is 8.66. The van der Waals surface area contributed by atoms with Gasteiger partial charge in [0.15, 0.2) is 5.96 Å². The van der Waals surface area contributed by atoms with Gasteiger partial charge in [0, 0.05) is 44.5 Å². The number of aliphatic imine (C=N–C) groups is 1. The van der Waals surface area contributed by atoms with Crippen molar-refractivity contribution in [2.75, 3.05) is 13.3 Å². The Morgan fingerprint density at radius 2 is 2.00 bits per heavy atom. The number of guanidine groups is 1. The summed E-state index contributed by atoms with van der Waals surface area (Å²) in [5, 5.41) is 6.71. The molecule has 0 fully saturated rings. The zero-order chi connectivity index (χ0) is 15.9. The molecule has 1 heterocycles. The van der Waals surface area contributed by atoms with E-state index in [1.807, 2.05) is 17.8 Å². The molecule has 0 spiro atoms. The average molecular weight is 316 g/mol. The monoisotopic (exact) mass is 316 g/mol. The highest BCUT2D eigenvalue weighted by atomic mass is 32.2. The van der Waals surface area contributed by atoms with Crippen molar-refractivity contribution in [3.63, 3.8) is 0 Å². The van der Waals surface area contributed by atoms with Crippen LogP contribution >= 0.6 is 11.8 Å². The van der Waals surface area contributed by atoms with Gasteiger partial charge in [-0.1, -0.05) is 12.1 Å². The SMILES string of the molecule is CN=C(NCc1ccn(C)c1)NCc1ccc(C)cc1SC. The number of hydrogen-bond acceptors (Lipinski definition) is 2. The van der Waals surface area contributed by atoms with Crippen LogP contribution in [0.25, 0.3) is 0 Å². The number of aromatic nitrogens is 1. The average Bonchev–Trinajstić information content (AvgIpc) is 2.94. The van der Waals surface area contributed by atoms with Gasteiger partial charge in [-0.3, -0.25) is 4.99 Å². The van der Waals surface area contributed by atoms with E-state index < -0.39 is 0 Å². The molecule has 0 radical (unpaired) electrons.